The summed E-state index contributed by atoms with van der Waals surface area (Å²) in [6.07, 6.45) is 0. The highest BCUT2D eigenvalue weighted by Gasteiger charge is 2.17. The molecule has 0 unspecified atom stereocenters. The molecule has 0 aliphatic rings. The summed E-state index contributed by atoms with van der Waals surface area (Å²) in [5, 5.41) is 4.37. The minimum atomic E-state index is -0.0783. The van der Waals surface area contributed by atoms with Crippen LogP contribution in [0, 0.1) is 0 Å². The molecule has 0 saturated heterocycles. The Balaban J connectivity index is 1.92. The van der Waals surface area contributed by atoms with Gasteiger partial charge in [-0.1, -0.05) is 64.5 Å². The smallest absolute Gasteiger partial charge is 0.0719 e. The Bertz CT molecular complexity index is 1670. The summed E-state index contributed by atoms with van der Waals surface area (Å²) < 4.78 is 38.4. The van der Waals surface area contributed by atoms with E-state index in [0.29, 0.717) is 0 Å². The van der Waals surface area contributed by atoms with E-state index >= 15 is 0 Å². The molecule has 0 spiro atoms. The second-order valence-corrected chi connectivity index (χ2v) is 8.30. The molecule has 0 saturated carbocycles. The van der Waals surface area contributed by atoms with Crippen molar-refractivity contribution < 1.29 is 5.48 Å². The van der Waals surface area contributed by atoms with Crippen LogP contribution < -0.4 is 0 Å². The maximum absolute atomic E-state index is 8.68. The van der Waals surface area contributed by atoms with E-state index in [4.69, 9.17) is 5.48 Å². The zero-order valence-corrected chi connectivity index (χ0v) is 16.4. The number of aromatic nitrogens is 1. The molecule has 0 N–H and O–H groups in total. The van der Waals surface area contributed by atoms with Gasteiger partial charge >= 0.3 is 0 Å². The van der Waals surface area contributed by atoms with Crippen LogP contribution in [0.15, 0.2) is 89.3 Å². The van der Waals surface area contributed by atoms with E-state index in [1.54, 1.807) is 11.3 Å². The van der Waals surface area contributed by atoms with Crippen LogP contribution >= 0.6 is 27.3 Å². The Morgan fingerprint density at radius 3 is 2.30 bits per heavy atom. The predicted octanol–water partition coefficient (Wildman–Crippen LogP) is 7.91. The molecule has 1 nitrogen and oxygen atoms in total. The van der Waals surface area contributed by atoms with E-state index in [0.717, 1.165) is 31.9 Å². The molecule has 3 heteroatoms. The van der Waals surface area contributed by atoms with Gasteiger partial charge in [-0.3, -0.25) is 0 Å². The molecule has 0 amide bonds. The van der Waals surface area contributed by atoms with E-state index < -0.39 is 0 Å². The number of benzene rings is 4. The molecule has 0 bridgehead atoms. The largest absolute Gasteiger partial charge is 0.308 e. The summed E-state index contributed by atoms with van der Waals surface area (Å²) in [7, 11) is 0. The minimum Gasteiger partial charge on any atom is -0.308 e. The molecule has 0 fully saturated rings. The molecular formula is C24H14BrNS. The standard InChI is InChI=1S/C24H14BrNS/c25-15-9-11-16(12-10-15)26-21-7-3-1-5-17(21)19-13-14-20-18-6-2-4-8-22(18)27-24(20)23(19)26/h1-14H/i9D,10D,11D,12D. The van der Waals surface area contributed by atoms with Gasteiger partial charge in [-0.2, -0.15) is 0 Å². The fourth-order valence-corrected chi connectivity index (χ4v) is 5.30. The first-order valence-electron chi connectivity index (χ1n) is 10.6. The molecule has 0 radical (unpaired) electrons. The molecule has 0 aliphatic carbocycles. The van der Waals surface area contributed by atoms with Crippen LogP contribution in [-0.2, 0) is 0 Å². The number of nitrogens with zero attached hydrogens (tertiary/aromatic N) is 1. The molecule has 0 atom stereocenters. The minimum absolute atomic E-state index is 0.0614. The molecule has 0 aliphatic heterocycles. The maximum Gasteiger partial charge on any atom is 0.0719 e. The maximum atomic E-state index is 8.68. The number of fused-ring (bicyclic) bond motifs is 7. The third-order valence-corrected chi connectivity index (χ3v) is 6.57. The lowest BCUT2D eigenvalue weighted by Gasteiger charge is -2.08. The van der Waals surface area contributed by atoms with Gasteiger partial charge < -0.3 is 4.57 Å². The van der Waals surface area contributed by atoms with E-state index in [1.807, 2.05) is 41.0 Å². The zero-order chi connectivity index (χ0) is 21.4. The second kappa shape index (κ2) is 5.69. The second-order valence-electron chi connectivity index (χ2n) is 6.45. The molecule has 6 aromatic rings. The normalized spacial score (nSPS) is 14.0. The van der Waals surface area contributed by atoms with Gasteiger partial charge in [0, 0.05) is 36.4 Å². The summed E-state index contributed by atoms with van der Waals surface area (Å²) in [5.74, 6) is 0. The van der Waals surface area contributed by atoms with Gasteiger partial charge in [-0.05, 0) is 36.3 Å². The van der Waals surface area contributed by atoms with Gasteiger partial charge in [-0.25, -0.2) is 0 Å². The quantitative estimate of drug-likeness (QED) is 0.249. The van der Waals surface area contributed by atoms with Crippen molar-refractivity contribution in [3.8, 4) is 5.69 Å². The third-order valence-electron chi connectivity index (χ3n) is 4.98. The zero-order valence-electron chi connectivity index (χ0n) is 18.0. The van der Waals surface area contributed by atoms with Gasteiger partial charge in [0.15, 0.2) is 0 Å². The van der Waals surface area contributed by atoms with Gasteiger partial charge in [0.05, 0.1) is 21.2 Å². The van der Waals surface area contributed by atoms with Crippen molar-refractivity contribution in [3.63, 3.8) is 0 Å². The third kappa shape index (κ3) is 2.16. The summed E-state index contributed by atoms with van der Waals surface area (Å²) in [4.78, 5) is 0. The Morgan fingerprint density at radius 1 is 0.741 bits per heavy atom. The average molecular weight is 432 g/mol. The highest BCUT2D eigenvalue weighted by Crippen LogP contribution is 2.42. The van der Waals surface area contributed by atoms with Gasteiger partial charge in [0.1, 0.15) is 0 Å². The first kappa shape index (κ1) is 12.0. The molecular weight excluding hydrogens is 414 g/mol. The fourth-order valence-electron chi connectivity index (χ4n) is 3.87. The van der Waals surface area contributed by atoms with Gasteiger partial charge in [0.2, 0.25) is 0 Å². The Morgan fingerprint density at radius 2 is 1.44 bits per heavy atom. The lowest BCUT2D eigenvalue weighted by Crippen LogP contribution is -1.93. The SMILES string of the molecule is [2H]c1c([2H])c(-n2c3ccccc3c3ccc4c5ccccc5sc4c32)c([2H])c([2H])c1Br. The molecule has 2 heterocycles. The predicted molar refractivity (Wildman–Crippen MR) is 121 cm³/mol. The van der Waals surface area contributed by atoms with E-state index in [9.17, 15) is 0 Å². The van der Waals surface area contributed by atoms with Crippen LogP contribution in [0.25, 0.3) is 47.7 Å². The summed E-state index contributed by atoms with van der Waals surface area (Å²) in [6.45, 7) is 0. The summed E-state index contributed by atoms with van der Waals surface area (Å²) in [5.41, 5.74) is 2.06. The molecule has 4 aromatic carbocycles. The van der Waals surface area contributed by atoms with Gasteiger partial charge in [-0.15, -0.1) is 11.3 Å². The molecule has 128 valence electrons. The lowest BCUT2D eigenvalue weighted by molar-refractivity contribution is 1.19. The topological polar surface area (TPSA) is 4.93 Å². The first-order chi connectivity index (χ1) is 15.0. The summed E-state index contributed by atoms with van der Waals surface area (Å²) in [6, 6.07) is 20.2. The van der Waals surface area contributed by atoms with Crippen LogP contribution in [-0.4, -0.2) is 4.57 Å². The summed E-state index contributed by atoms with van der Waals surface area (Å²) >= 11 is 4.91. The lowest BCUT2D eigenvalue weighted by atomic mass is 10.1. The number of rotatable bonds is 1. The fraction of sp³-hybridized carbons (Fsp3) is 0. The highest BCUT2D eigenvalue weighted by atomic mass is 79.9. The number of para-hydroxylation sites is 1. The Labute approximate surface area is 174 Å². The number of hydrogen-bond acceptors (Lipinski definition) is 1. The monoisotopic (exact) mass is 431 g/mol. The number of hydrogen-bond donors (Lipinski definition) is 0. The molecule has 6 rings (SSSR count). The van der Waals surface area contributed by atoms with Crippen molar-refractivity contribution in [1.82, 2.24) is 4.57 Å². The highest BCUT2D eigenvalue weighted by molar-refractivity contribution is 9.10. The van der Waals surface area contributed by atoms with Crippen molar-refractivity contribution >= 4 is 69.2 Å². The van der Waals surface area contributed by atoms with Crippen LogP contribution in [0.5, 0.6) is 0 Å². The molecule has 2 aromatic heterocycles. The van der Waals surface area contributed by atoms with Crippen LogP contribution in [0.1, 0.15) is 5.48 Å². The van der Waals surface area contributed by atoms with Crippen molar-refractivity contribution in [2.75, 3.05) is 0 Å². The average Bonchev–Trinajstić information content (AvgIpc) is 3.33. The van der Waals surface area contributed by atoms with Crippen molar-refractivity contribution in [1.29, 1.82) is 0 Å². The van der Waals surface area contributed by atoms with Crippen LogP contribution in [0.4, 0.5) is 0 Å². The van der Waals surface area contributed by atoms with Crippen LogP contribution in [0.2, 0.25) is 0 Å². The van der Waals surface area contributed by atoms with E-state index in [-0.39, 0.29) is 34.3 Å². The Kier molecular flexibility index (Phi) is 2.52. The van der Waals surface area contributed by atoms with Crippen molar-refractivity contribution in [2.24, 2.45) is 0 Å². The van der Waals surface area contributed by atoms with Crippen molar-refractivity contribution in [3.05, 3.63) is 89.3 Å². The first-order valence-corrected chi connectivity index (χ1v) is 10.2. The van der Waals surface area contributed by atoms with Crippen molar-refractivity contribution in [2.45, 2.75) is 0 Å². The van der Waals surface area contributed by atoms with E-state index in [1.165, 1.54) is 10.1 Å². The number of halogens is 1. The number of thiophene rings is 1. The van der Waals surface area contributed by atoms with E-state index in [2.05, 4.69) is 40.2 Å². The van der Waals surface area contributed by atoms with Crippen LogP contribution in [0.3, 0.4) is 0 Å². The van der Waals surface area contributed by atoms with Gasteiger partial charge in [0.25, 0.3) is 0 Å². The Hall–Kier alpha value is -2.62. The molecule has 27 heavy (non-hydrogen) atoms.